The first-order valence-electron chi connectivity index (χ1n) is 9.32. The third-order valence-electron chi connectivity index (χ3n) is 4.78. The lowest BCUT2D eigenvalue weighted by molar-refractivity contribution is -0.122. The minimum Gasteiger partial charge on any atom is -0.448 e. The smallest absolute Gasteiger partial charge is 0.297 e. The summed E-state index contributed by atoms with van der Waals surface area (Å²) in [7, 11) is 0. The Morgan fingerprint density at radius 2 is 1.89 bits per heavy atom. The molecule has 2 aromatic carbocycles. The summed E-state index contributed by atoms with van der Waals surface area (Å²) < 4.78 is 6.93. The number of benzene rings is 2. The van der Waals surface area contributed by atoms with E-state index in [1.165, 1.54) is 16.5 Å². The summed E-state index contributed by atoms with van der Waals surface area (Å²) >= 11 is 0. The summed E-state index contributed by atoms with van der Waals surface area (Å²) in [6, 6.07) is 17.5. The summed E-state index contributed by atoms with van der Waals surface area (Å²) in [5.74, 6) is -0.222. The van der Waals surface area contributed by atoms with Crippen LogP contribution < -0.4 is 10.9 Å². The summed E-state index contributed by atoms with van der Waals surface area (Å²) in [6.45, 7) is 1.87. The fourth-order valence-electron chi connectivity index (χ4n) is 3.30. The second-order valence-corrected chi connectivity index (χ2v) is 6.95. The molecule has 4 rings (SSSR count). The second kappa shape index (κ2) is 7.68. The van der Waals surface area contributed by atoms with E-state index in [1.807, 2.05) is 43.3 Å². The van der Waals surface area contributed by atoms with Gasteiger partial charge in [0.1, 0.15) is 17.6 Å². The number of hydrogen-bond donors (Lipinski definition) is 1. The lowest BCUT2D eigenvalue weighted by Gasteiger charge is -2.14. The van der Waals surface area contributed by atoms with Gasteiger partial charge in [0.05, 0.1) is 6.33 Å². The fraction of sp³-hybridized carbons (Fsp3) is 0.227. The maximum absolute atomic E-state index is 12.7. The van der Waals surface area contributed by atoms with Crippen LogP contribution in [0, 0.1) is 0 Å². The van der Waals surface area contributed by atoms with Gasteiger partial charge in [-0.1, -0.05) is 42.5 Å². The summed E-state index contributed by atoms with van der Waals surface area (Å²) in [5, 5.41) is 3.74. The van der Waals surface area contributed by atoms with Crippen molar-refractivity contribution in [2.45, 2.75) is 32.4 Å². The molecule has 1 unspecified atom stereocenters. The standard InChI is InChI=1S/C22H21N3O3/c1-15(11-12-16-7-3-2-4-8-16)24-19(26)13-25-14-23-20-17-9-5-6-10-18(17)28-21(20)22(25)27/h2-10,14-15H,11-13H2,1H3,(H,24,26). The zero-order chi connectivity index (χ0) is 19.5. The molecule has 0 saturated carbocycles. The number of carbonyl (C=O) groups excluding carboxylic acids is 1. The van der Waals surface area contributed by atoms with Crippen molar-refractivity contribution in [2.75, 3.05) is 0 Å². The van der Waals surface area contributed by atoms with Gasteiger partial charge in [-0.3, -0.25) is 14.2 Å². The van der Waals surface area contributed by atoms with Crippen LogP contribution in [-0.4, -0.2) is 21.5 Å². The zero-order valence-electron chi connectivity index (χ0n) is 15.6. The van der Waals surface area contributed by atoms with Crippen LogP contribution in [0.25, 0.3) is 22.1 Å². The number of nitrogens with one attached hydrogen (secondary N) is 1. The first-order chi connectivity index (χ1) is 13.6. The Hall–Kier alpha value is -3.41. The Morgan fingerprint density at radius 3 is 2.71 bits per heavy atom. The van der Waals surface area contributed by atoms with Crippen LogP contribution in [0.4, 0.5) is 0 Å². The van der Waals surface area contributed by atoms with Crippen molar-refractivity contribution < 1.29 is 9.21 Å². The second-order valence-electron chi connectivity index (χ2n) is 6.95. The molecule has 0 fully saturated rings. The van der Waals surface area contributed by atoms with Crippen LogP contribution in [-0.2, 0) is 17.8 Å². The van der Waals surface area contributed by atoms with Crippen LogP contribution in [0.5, 0.6) is 0 Å². The largest absolute Gasteiger partial charge is 0.448 e. The number of nitrogens with zero attached hydrogens (tertiary/aromatic N) is 2. The normalized spacial score (nSPS) is 12.3. The van der Waals surface area contributed by atoms with Gasteiger partial charge >= 0.3 is 0 Å². The number of fused-ring (bicyclic) bond motifs is 3. The number of rotatable bonds is 6. The van der Waals surface area contributed by atoms with Crippen molar-refractivity contribution in [3.8, 4) is 0 Å². The molecule has 2 heterocycles. The Kier molecular flexibility index (Phi) is 4.93. The molecule has 6 heteroatoms. The summed E-state index contributed by atoms with van der Waals surface area (Å²) in [5.41, 5.74) is 2.19. The van der Waals surface area contributed by atoms with Gasteiger partial charge < -0.3 is 9.73 Å². The molecule has 6 nitrogen and oxygen atoms in total. The molecule has 0 spiro atoms. The van der Waals surface area contributed by atoms with Gasteiger partial charge in [-0.25, -0.2) is 4.98 Å². The number of aryl methyl sites for hydroxylation is 1. The Bertz CT molecular complexity index is 1180. The highest BCUT2D eigenvalue weighted by Gasteiger charge is 2.15. The molecule has 0 radical (unpaired) electrons. The Balaban J connectivity index is 1.44. The van der Waals surface area contributed by atoms with Gasteiger partial charge in [-0.05, 0) is 37.5 Å². The van der Waals surface area contributed by atoms with E-state index in [-0.39, 0.29) is 29.6 Å². The number of amides is 1. The Morgan fingerprint density at radius 1 is 1.14 bits per heavy atom. The van der Waals surface area contributed by atoms with Crippen molar-refractivity contribution in [1.82, 2.24) is 14.9 Å². The van der Waals surface area contributed by atoms with E-state index in [0.717, 1.165) is 18.2 Å². The molecule has 0 aliphatic heterocycles. The Labute approximate surface area is 161 Å². The van der Waals surface area contributed by atoms with Crippen molar-refractivity contribution in [2.24, 2.45) is 0 Å². The van der Waals surface area contributed by atoms with Crippen LogP contribution in [0.15, 0.2) is 70.1 Å². The van der Waals surface area contributed by atoms with Crippen molar-refractivity contribution in [3.63, 3.8) is 0 Å². The monoisotopic (exact) mass is 375 g/mol. The van der Waals surface area contributed by atoms with E-state index in [0.29, 0.717) is 11.1 Å². The van der Waals surface area contributed by atoms with E-state index in [2.05, 4.69) is 22.4 Å². The van der Waals surface area contributed by atoms with Gasteiger partial charge in [0.2, 0.25) is 11.5 Å². The van der Waals surface area contributed by atoms with Gasteiger partial charge in [0, 0.05) is 11.4 Å². The molecule has 0 bridgehead atoms. The molecule has 1 amide bonds. The number of carbonyl (C=O) groups is 1. The van der Waals surface area contributed by atoms with E-state index >= 15 is 0 Å². The SMILES string of the molecule is CC(CCc1ccccc1)NC(=O)Cn1cnc2c(oc3ccccc32)c1=O. The predicted molar refractivity (Wildman–Crippen MR) is 108 cm³/mol. The molecule has 1 atom stereocenters. The topological polar surface area (TPSA) is 77.1 Å². The minimum atomic E-state index is -0.353. The molecular weight excluding hydrogens is 354 g/mol. The third-order valence-corrected chi connectivity index (χ3v) is 4.78. The van der Waals surface area contributed by atoms with Crippen molar-refractivity contribution >= 4 is 28.0 Å². The zero-order valence-corrected chi connectivity index (χ0v) is 15.6. The van der Waals surface area contributed by atoms with Crippen LogP contribution in [0.3, 0.4) is 0 Å². The minimum absolute atomic E-state index is 0.00583. The van der Waals surface area contributed by atoms with Crippen LogP contribution in [0.1, 0.15) is 18.9 Å². The van der Waals surface area contributed by atoms with Gasteiger partial charge in [0.15, 0.2) is 0 Å². The lowest BCUT2D eigenvalue weighted by atomic mass is 10.1. The molecule has 0 saturated heterocycles. The maximum atomic E-state index is 12.7. The molecule has 1 N–H and O–H groups in total. The maximum Gasteiger partial charge on any atom is 0.297 e. The number of hydrogen-bond acceptors (Lipinski definition) is 4. The highest BCUT2D eigenvalue weighted by molar-refractivity contribution is 6.01. The van der Waals surface area contributed by atoms with E-state index in [9.17, 15) is 9.59 Å². The van der Waals surface area contributed by atoms with Gasteiger partial charge in [-0.15, -0.1) is 0 Å². The van der Waals surface area contributed by atoms with Crippen molar-refractivity contribution in [3.05, 3.63) is 76.8 Å². The first kappa shape index (κ1) is 18.0. The van der Waals surface area contributed by atoms with Gasteiger partial charge in [0.25, 0.3) is 5.56 Å². The number of aromatic nitrogens is 2. The summed E-state index contributed by atoms with van der Waals surface area (Å²) in [6.07, 6.45) is 3.11. The molecular formula is C22H21N3O3. The predicted octanol–water partition coefficient (Wildman–Crippen LogP) is 3.28. The van der Waals surface area contributed by atoms with Crippen LogP contribution >= 0.6 is 0 Å². The molecule has 0 aliphatic rings. The fourth-order valence-corrected chi connectivity index (χ4v) is 3.30. The number of furan rings is 1. The average molecular weight is 375 g/mol. The van der Waals surface area contributed by atoms with Crippen LogP contribution in [0.2, 0.25) is 0 Å². The van der Waals surface area contributed by atoms with Crippen molar-refractivity contribution in [1.29, 1.82) is 0 Å². The van der Waals surface area contributed by atoms with Gasteiger partial charge in [-0.2, -0.15) is 0 Å². The molecule has 28 heavy (non-hydrogen) atoms. The third kappa shape index (κ3) is 3.67. The first-order valence-corrected chi connectivity index (χ1v) is 9.32. The highest BCUT2D eigenvalue weighted by atomic mass is 16.3. The highest BCUT2D eigenvalue weighted by Crippen LogP contribution is 2.23. The average Bonchev–Trinajstić information content (AvgIpc) is 3.09. The molecule has 4 aromatic rings. The molecule has 2 aromatic heterocycles. The van der Waals surface area contributed by atoms with E-state index in [1.54, 1.807) is 6.07 Å². The lowest BCUT2D eigenvalue weighted by Crippen LogP contribution is -2.37. The number of para-hydroxylation sites is 1. The van der Waals surface area contributed by atoms with E-state index < -0.39 is 0 Å². The summed E-state index contributed by atoms with van der Waals surface area (Å²) in [4.78, 5) is 29.4. The molecule has 0 aliphatic carbocycles. The van der Waals surface area contributed by atoms with E-state index in [4.69, 9.17) is 4.42 Å². The quantitative estimate of drug-likeness (QED) is 0.561. The molecule has 142 valence electrons.